The number of hydrogen-bond acceptors (Lipinski definition) is 4. The summed E-state index contributed by atoms with van der Waals surface area (Å²) in [4.78, 5) is 0. The fourth-order valence-electron chi connectivity index (χ4n) is 3.25. The third-order valence-corrected chi connectivity index (χ3v) is 4.69. The van der Waals surface area contributed by atoms with Crippen molar-refractivity contribution in [3.63, 3.8) is 0 Å². The number of nitrogens with two attached hydrogens (primary N) is 2. The molecule has 1 saturated carbocycles. The van der Waals surface area contributed by atoms with Gasteiger partial charge in [-0.1, -0.05) is 6.42 Å². The van der Waals surface area contributed by atoms with E-state index in [0.717, 1.165) is 24.9 Å². The average molecular weight is 284 g/mol. The summed E-state index contributed by atoms with van der Waals surface area (Å²) in [7, 11) is 0. The predicted octanol–water partition coefficient (Wildman–Crippen LogP) is 1.44. The molecular weight excluding hydrogens is 248 g/mol. The number of rotatable bonds is 8. The molecule has 0 amide bonds. The van der Waals surface area contributed by atoms with Gasteiger partial charge in [-0.3, -0.25) is 0 Å². The first-order valence-electron chi connectivity index (χ1n) is 8.38. The van der Waals surface area contributed by atoms with Gasteiger partial charge in [-0.05, 0) is 58.8 Å². The Kier molecular flexibility index (Phi) is 8.03. The highest BCUT2D eigenvalue weighted by molar-refractivity contribution is 4.85. The van der Waals surface area contributed by atoms with Crippen LogP contribution in [-0.4, -0.2) is 37.3 Å². The molecule has 1 aliphatic carbocycles. The molecule has 0 spiro atoms. The van der Waals surface area contributed by atoms with Gasteiger partial charge in [0.05, 0.1) is 0 Å². The molecule has 0 saturated heterocycles. The standard InChI is InChI=1S/C16H36N4/c1-11(17)9-19-13(3)15-6-5-7-16(8-15)14(4)20-10-12(2)18/h11-16,19-20H,5-10,17-18H2,1-4H3. The minimum absolute atomic E-state index is 0.239. The predicted molar refractivity (Wildman–Crippen MR) is 87.7 cm³/mol. The lowest BCUT2D eigenvalue weighted by Crippen LogP contribution is -2.45. The summed E-state index contributed by atoms with van der Waals surface area (Å²) in [5, 5.41) is 7.19. The van der Waals surface area contributed by atoms with Crippen LogP contribution in [0.5, 0.6) is 0 Å². The van der Waals surface area contributed by atoms with Crippen LogP contribution in [-0.2, 0) is 0 Å². The molecule has 6 atom stereocenters. The lowest BCUT2D eigenvalue weighted by atomic mass is 9.75. The quantitative estimate of drug-likeness (QED) is 0.544. The van der Waals surface area contributed by atoms with Crippen molar-refractivity contribution in [3.05, 3.63) is 0 Å². The molecule has 0 aromatic heterocycles. The summed E-state index contributed by atoms with van der Waals surface area (Å²) in [5.74, 6) is 1.57. The third-order valence-electron chi connectivity index (χ3n) is 4.69. The summed E-state index contributed by atoms with van der Waals surface area (Å²) in [6.45, 7) is 10.6. The zero-order valence-corrected chi connectivity index (χ0v) is 13.9. The van der Waals surface area contributed by atoms with Crippen molar-refractivity contribution in [2.45, 2.75) is 77.5 Å². The molecule has 20 heavy (non-hydrogen) atoms. The monoisotopic (exact) mass is 284 g/mol. The molecule has 4 heteroatoms. The Bertz CT molecular complexity index is 231. The zero-order chi connectivity index (χ0) is 15.1. The largest absolute Gasteiger partial charge is 0.327 e. The van der Waals surface area contributed by atoms with Gasteiger partial charge in [0.1, 0.15) is 0 Å². The van der Waals surface area contributed by atoms with Gasteiger partial charge in [-0.25, -0.2) is 0 Å². The van der Waals surface area contributed by atoms with Crippen LogP contribution in [0.2, 0.25) is 0 Å². The molecule has 120 valence electrons. The Balaban J connectivity index is 2.37. The highest BCUT2D eigenvalue weighted by atomic mass is 14.9. The number of nitrogens with one attached hydrogen (secondary N) is 2. The Labute approximate surface area is 125 Å². The molecule has 0 aromatic rings. The second kappa shape index (κ2) is 8.98. The maximum atomic E-state index is 5.83. The van der Waals surface area contributed by atoms with Crippen LogP contribution in [0.15, 0.2) is 0 Å². The second-order valence-corrected chi connectivity index (χ2v) is 7.04. The molecule has 0 bridgehead atoms. The van der Waals surface area contributed by atoms with Crippen LogP contribution < -0.4 is 22.1 Å². The maximum absolute atomic E-state index is 5.83. The highest BCUT2D eigenvalue weighted by Crippen LogP contribution is 2.33. The van der Waals surface area contributed by atoms with Crippen LogP contribution in [0.25, 0.3) is 0 Å². The number of hydrogen-bond donors (Lipinski definition) is 4. The molecule has 0 radical (unpaired) electrons. The van der Waals surface area contributed by atoms with E-state index in [4.69, 9.17) is 11.5 Å². The van der Waals surface area contributed by atoms with Crippen molar-refractivity contribution >= 4 is 0 Å². The molecule has 1 rings (SSSR count). The summed E-state index contributed by atoms with van der Waals surface area (Å²) in [5.41, 5.74) is 11.7. The van der Waals surface area contributed by atoms with E-state index in [-0.39, 0.29) is 12.1 Å². The summed E-state index contributed by atoms with van der Waals surface area (Å²) in [6, 6.07) is 1.63. The van der Waals surface area contributed by atoms with E-state index in [1.165, 1.54) is 25.7 Å². The lowest BCUT2D eigenvalue weighted by Gasteiger charge is -2.37. The van der Waals surface area contributed by atoms with Gasteiger partial charge in [-0.15, -0.1) is 0 Å². The van der Waals surface area contributed by atoms with Crippen LogP contribution in [0.4, 0.5) is 0 Å². The van der Waals surface area contributed by atoms with Crippen molar-refractivity contribution in [2.24, 2.45) is 23.3 Å². The molecule has 1 fully saturated rings. The first-order chi connectivity index (χ1) is 9.40. The Morgan fingerprint density at radius 1 is 0.850 bits per heavy atom. The molecular formula is C16H36N4. The minimum atomic E-state index is 0.239. The first kappa shape index (κ1) is 17.9. The molecule has 1 aliphatic rings. The van der Waals surface area contributed by atoms with E-state index in [0.29, 0.717) is 12.1 Å². The zero-order valence-electron chi connectivity index (χ0n) is 13.9. The highest BCUT2D eigenvalue weighted by Gasteiger charge is 2.28. The van der Waals surface area contributed by atoms with Crippen LogP contribution >= 0.6 is 0 Å². The van der Waals surface area contributed by atoms with Crippen molar-refractivity contribution in [1.29, 1.82) is 0 Å². The van der Waals surface area contributed by atoms with E-state index in [1.807, 2.05) is 0 Å². The second-order valence-electron chi connectivity index (χ2n) is 7.04. The topological polar surface area (TPSA) is 76.1 Å². The lowest BCUT2D eigenvalue weighted by molar-refractivity contribution is 0.187. The van der Waals surface area contributed by atoms with Crippen molar-refractivity contribution in [3.8, 4) is 0 Å². The van der Waals surface area contributed by atoms with E-state index in [1.54, 1.807) is 0 Å². The molecule has 0 aromatic carbocycles. The fourth-order valence-corrected chi connectivity index (χ4v) is 3.25. The molecule has 4 nitrogen and oxygen atoms in total. The SMILES string of the molecule is CC(N)CNC(C)C1CCCC(C(C)NCC(C)N)C1. The van der Waals surface area contributed by atoms with Gasteiger partial charge in [-0.2, -0.15) is 0 Å². The fraction of sp³-hybridized carbons (Fsp3) is 1.00. The molecule has 0 heterocycles. The maximum Gasteiger partial charge on any atom is 0.0136 e. The normalized spacial score (nSPS) is 29.7. The summed E-state index contributed by atoms with van der Waals surface area (Å²) < 4.78 is 0. The van der Waals surface area contributed by atoms with Crippen LogP contribution in [0, 0.1) is 11.8 Å². The Morgan fingerprint density at radius 2 is 1.25 bits per heavy atom. The van der Waals surface area contributed by atoms with Gasteiger partial charge < -0.3 is 22.1 Å². The van der Waals surface area contributed by atoms with E-state index in [9.17, 15) is 0 Å². The van der Waals surface area contributed by atoms with E-state index >= 15 is 0 Å². The smallest absolute Gasteiger partial charge is 0.0136 e. The van der Waals surface area contributed by atoms with E-state index in [2.05, 4.69) is 38.3 Å². The Hall–Kier alpha value is -0.160. The molecule has 6 unspecified atom stereocenters. The summed E-state index contributed by atoms with van der Waals surface area (Å²) >= 11 is 0. The van der Waals surface area contributed by atoms with Gasteiger partial charge in [0, 0.05) is 37.3 Å². The average Bonchev–Trinajstić information content (AvgIpc) is 2.42. The van der Waals surface area contributed by atoms with E-state index < -0.39 is 0 Å². The minimum Gasteiger partial charge on any atom is -0.327 e. The first-order valence-corrected chi connectivity index (χ1v) is 8.38. The third kappa shape index (κ3) is 6.53. The van der Waals surface area contributed by atoms with Crippen LogP contribution in [0.1, 0.15) is 53.4 Å². The van der Waals surface area contributed by atoms with Gasteiger partial charge in [0.2, 0.25) is 0 Å². The molecule has 6 N–H and O–H groups in total. The molecule has 0 aliphatic heterocycles. The van der Waals surface area contributed by atoms with Crippen molar-refractivity contribution in [1.82, 2.24) is 10.6 Å². The van der Waals surface area contributed by atoms with Crippen molar-refractivity contribution in [2.75, 3.05) is 13.1 Å². The van der Waals surface area contributed by atoms with Gasteiger partial charge in [0.25, 0.3) is 0 Å². The van der Waals surface area contributed by atoms with Crippen molar-refractivity contribution < 1.29 is 0 Å². The van der Waals surface area contributed by atoms with Crippen LogP contribution in [0.3, 0.4) is 0 Å². The van der Waals surface area contributed by atoms with Gasteiger partial charge >= 0.3 is 0 Å². The Morgan fingerprint density at radius 3 is 1.60 bits per heavy atom. The summed E-state index contributed by atoms with van der Waals surface area (Å²) in [6.07, 6.45) is 5.37. The van der Waals surface area contributed by atoms with Gasteiger partial charge in [0.15, 0.2) is 0 Å².